The van der Waals surface area contributed by atoms with Gasteiger partial charge in [-0.15, -0.1) is 0 Å². The summed E-state index contributed by atoms with van der Waals surface area (Å²) < 4.78 is 0. The van der Waals surface area contributed by atoms with Gasteiger partial charge in [0.2, 0.25) is 11.8 Å². The number of halogens is 2. The van der Waals surface area contributed by atoms with E-state index in [2.05, 4.69) is 20.6 Å². The molecule has 0 aliphatic carbocycles. The van der Waals surface area contributed by atoms with E-state index in [4.69, 9.17) is 23.2 Å². The Balaban J connectivity index is 2.54. The molecule has 0 aliphatic rings. The molecular formula is C12H11Cl2N5O2. The van der Waals surface area contributed by atoms with Crippen LogP contribution < -0.4 is 10.6 Å². The molecule has 1 aromatic heterocycles. The van der Waals surface area contributed by atoms with Crippen molar-refractivity contribution in [1.29, 1.82) is 0 Å². The molecule has 9 heteroatoms. The Morgan fingerprint density at radius 2 is 2.00 bits per heavy atom. The van der Waals surface area contributed by atoms with Crippen molar-refractivity contribution in [3.05, 3.63) is 44.1 Å². The van der Waals surface area contributed by atoms with Crippen LogP contribution in [-0.4, -0.2) is 21.9 Å². The number of anilines is 3. The molecule has 0 saturated heterocycles. The molecule has 0 unspecified atom stereocenters. The standard InChI is InChI=1S/C12H11Cl2N5O2/c1-6-10(19(20)21)11(18-12(15-2)16-6)17-9-5-7(13)3-4-8(9)14/h3-5H,1-2H3,(H2,15,16,17,18). The summed E-state index contributed by atoms with van der Waals surface area (Å²) in [4.78, 5) is 18.7. The smallest absolute Gasteiger partial charge is 0.332 e. The fourth-order valence-electron chi connectivity index (χ4n) is 1.71. The van der Waals surface area contributed by atoms with E-state index in [1.54, 1.807) is 25.2 Å². The Hall–Kier alpha value is -2.12. The van der Waals surface area contributed by atoms with Crippen molar-refractivity contribution in [3.8, 4) is 0 Å². The van der Waals surface area contributed by atoms with Gasteiger partial charge in [-0.05, 0) is 25.1 Å². The Morgan fingerprint density at radius 3 is 2.62 bits per heavy atom. The normalized spacial score (nSPS) is 10.3. The van der Waals surface area contributed by atoms with Gasteiger partial charge in [-0.2, -0.15) is 4.98 Å². The highest BCUT2D eigenvalue weighted by molar-refractivity contribution is 6.35. The van der Waals surface area contributed by atoms with Crippen LogP contribution in [0.3, 0.4) is 0 Å². The maximum absolute atomic E-state index is 11.2. The highest BCUT2D eigenvalue weighted by Crippen LogP contribution is 2.33. The lowest BCUT2D eigenvalue weighted by molar-refractivity contribution is -0.385. The number of aromatic nitrogens is 2. The second kappa shape index (κ2) is 6.11. The summed E-state index contributed by atoms with van der Waals surface area (Å²) >= 11 is 11.9. The molecule has 110 valence electrons. The minimum Gasteiger partial charge on any atom is -0.357 e. The number of nitro groups is 1. The molecule has 2 rings (SSSR count). The highest BCUT2D eigenvalue weighted by atomic mass is 35.5. The van der Waals surface area contributed by atoms with E-state index in [-0.39, 0.29) is 23.1 Å². The molecule has 7 nitrogen and oxygen atoms in total. The van der Waals surface area contributed by atoms with Gasteiger partial charge in [0.05, 0.1) is 15.6 Å². The van der Waals surface area contributed by atoms with Crippen LogP contribution in [0.1, 0.15) is 5.69 Å². The number of aryl methyl sites for hydroxylation is 1. The SMILES string of the molecule is CNc1nc(C)c([N+](=O)[O-])c(Nc2cc(Cl)ccc2Cl)n1. The molecule has 0 fully saturated rings. The number of hydrogen-bond acceptors (Lipinski definition) is 6. The summed E-state index contributed by atoms with van der Waals surface area (Å²) in [5, 5.41) is 17.6. The molecule has 21 heavy (non-hydrogen) atoms. The fourth-order valence-corrected chi connectivity index (χ4v) is 2.04. The molecule has 1 heterocycles. The second-order valence-corrected chi connectivity index (χ2v) is 4.93. The van der Waals surface area contributed by atoms with Crippen LogP contribution in [0, 0.1) is 17.0 Å². The summed E-state index contributed by atoms with van der Waals surface area (Å²) in [6, 6.07) is 4.77. The van der Waals surface area contributed by atoms with Gasteiger partial charge in [-0.25, -0.2) is 4.98 Å². The maximum Gasteiger partial charge on any atom is 0.332 e. The molecular weight excluding hydrogens is 317 g/mol. The number of nitrogens with one attached hydrogen (secondary N) is 2. The first kappa shape index (κ1) is 15.3. The van der Waals surface area contributed by atoms with E-state index >= 15 is 0 Å². The quantitative estimate of drug-likeness (QED) is 0.655. The number of rotatable bonds is 4. The molecule has 2 aromatic rings. The highest BCUT2D eigenvalue weighted by Gasteiger charge is 2.22. The minimum atomic E-state index is -0.546. The summed E-state index contributed by atoms with van der Waals surface area (Å²) in [5.41, 5.74) is 0.442. The van der Waals surface area contributed by atoms with Crippen molar-refractivity contribution in [2.24, 2.45) is 0 Å². The average molecular weight is 328 g/mol. The van der Waals surface area contributed by atoms with Gasteiger partial charge in [0, 0.05) is 12.1 Å². The van der Waals surface area contributed by atoms with Gasteiger partial charge in [0.15, 0.2) is 0 Å². The minimum absolute atomic E-state index is 0.0426. The van der Waals surface area contributed by atoms with E-state index in [9.17, 15) is 10.1 Å². The van der Waals surface area contributed by atoms with E-state index in [0.717, 1.165) is 0 Å². The van der Waals surface area contributed by atoms with Crippen LogP contribution in [0.2, 0.25) is 10.0 Å². The predicted molar refractivity (Wildman–Crippen MR) is 82.7 cm³/mol. The van der Waals surface area contributed by atoms with E-state index in [1.807, 2.05) is 0 Å². The van der Waals surface area contributed by atoms with Crippen LogP contribution in [0.15, 0.2) is 18.2 Å². The molecule has 0 saturated carbocycles. The Bertz CT molecular complexity index is 708. The lowest BCUT2D eigenvalue weighted by Crippen LogP contribution is -2.07. The molecule has 0 spiro atoms. The fraction of sp³-hybridized carbons (Fsp3) is 0.167. The first-order chi connectivity index (χ1) is 9.92. The lowest BCUT2D eigenvalue weighted by Gasteiger charge is -2.10. The van der Waals surface area contributed by atoms with Crippen LogP contribution in [0.4, 0.5) is 23.1 Å². The average Bonchev–Trinajstić information content (AvgIpc) is 2.41. The third-order valence-electron chi connectivity index (χ3n) is 2.65. The summed E-state index contributed by atoms with van der Waals surface area (Å²) in [7, 11) is 1.62. The molecule has 0 bridgehead atoms. The number of benzene rings is 1. The van der Waals surface area contributed by atoms with E-state index in [0.29, 0.717) is 15.7 Å². The summed E-state index contributed by atoms with van der Waals surface area (Å²) in [6.07, 6.45) is 0. The maximum atomic E-state index is 11.2. The van der Waals surface area contributed by atoms with Crippen molar-refractivity contribution in [2.75, 3.05) is 17.7 Å². The lowest BCUT2D eigenvalue weighted by atomic mass is 10.3. The van der Waals surface area contributed by atoms with Crippen molar-refractivity contribution in [2.45, 2.75) is 6.92 Å². The van der Waals surface area contributed by atoms with Crippen molar-refractivity contribution in [1.82, 2.24) is 9.97 Å². The van der Waals surface area contributed by atoms with Crippen LogP contribution in [-0.2, 0) is 0 Å². The first-order valence-electron chi connectivity index (χ1n) is 5.85. The Morgan fingerprint density at radius 1 is 1.29 bits per heavy atom. The first-order valence-corrected chi connectivity index (χ1v) is 6.61. The van der Waals surface area contributed by atoms with Crippen LogP contribution in [0.25, 0.3) is 0 Å². The van der Waals surface area contributed by atoms with Gasteiger partial charge < -0.3 is 10.6 Å². The van der Waals surface area contributed by atoms with Gasteiger partial charge >= 0.3 is 5.69 Å². The van der Waals surface area contributed by atoms with Gasteiger partial charge in [-0.3, -0.25) is 10.1 Å². The van der Waals surface area contributed by atoms with Gasteiger partial charge in [-0.1, -0.05) is 23.2 Å². The Kier molecular flexibility index (Phi) is 4.44. The Labute approximate surface area is 130 Å². The number of nitrogens with zero attached hydrogens (tertiary/aromatic N) is 3. The molecule has 1 aromatic carbocycles. The van der Waals surface area contributed by atoms with Crippen molar-refractivity contribution in [3.63, 3.8) is 0 Å². The molecule has 0 aliphatic heterocycles. The zero-order valence-electron chi connectivity index (χ0n) is 11.1. The van der Waals surface area contributed by atoms with Crippen LogP contribution >= 0.6 is 23.2 Å². The monoisotopic (exact) mass is 327 g/mol. The topological polar surface area (TPSA) is 93.0 Å². The summed E-state index contributed by atoms with van der Waals surface area (Å²) in [5.74, 6) is 0.305. The van der Waals surface area contributed by atoms with Gasteiger partial charge in [0.25, 0.3) is 0 Å². The second-order valence-electron chi connectivity index (χ2n) is 4.09. The van der Waals surface area contributed by atoms with E-state index in [1.165, 1.54) is 6.92 Å². The predicted octanol–water partition coefficient (Wildman–Crippen LogP) is 3.79. The third-order valence-corrected chi connectivity index (χ3v) is 3.21. The van der Waals surface area contributed by atoms with E-state index < -0.39 is 4.92 Å². The van der Waals surface area contributed by atoms with Crippen molar-refractivity contribution >= 4 is 46.3 Å². The molecule has 2 N–H and O–H groups in total. The largest absolute Gasteiger partial charge is 0.357 e. The van der Waals surface area contributed by atoms with Crippen molar-refractivity contribution < 1.29 is 4.92 Å². The zero-order valence-corrected chi connectivity index (χ0v) is 12.7. The third kappa shape index (κ3) is 3.32. The van der Waals surface area contributed by atoms with Gasteiger partial charge in [0.1, 0.15) is 5.69 Å². The van der Waals surface area contributed by atoms with Crippen LogP contribution in [0.5, 0.6) is 0 Å². The molecule has 0 atom stereocenters. The number of hydrogen-bond donors (Lipinski definition) is 2. The zero-order chi connectivity index (χ0) is 15.6. The molecule has 0 radical (unpaired) electrons. The molecule has 0 amide bonds. The summed E-state index contributed by atoms with van der Waals surface area (Å²) in [6.45, 7) is 1.53.